The number of anilines is 1. The molecule has 0 fully saturated rings. The lowest BCUT2D eigenvalue weighted by molar-refractivity contribution is -0.384. The average molecular weight is 513 g/mol. The number of nitrogens with zero attached hydrogens (tertiary/aromatic N) is 3. The third kappa shape index (κ3) is 5.07. The molecular weight excluding hydrogens is 497 g/mol. The smallest absolute Gasteiger partial charge is 0.436 e. The number of hydrogen-bond donors (Lipinski definition) is 1. The second-order valence-corrected chi connectivity index (χ2v) is 7.78. The van der Waals surface area contributed by atoms with Crippen molar-refractivity contribution in [3.8, 4) is 11.5 Å². The van der Waals surface area contributed by atoms with Gasteiger partial charge in [0.15, 0.2) is 5.69 Å². The van der Waals surface area contributed by atoms with Crippen LogP contribution in [0.15, 0.2) is 40.9 Å². The standard InChI is InChI=1S/C20H16BrF3N4O4/c1-10-4-11(2)6-14(5-10)32-15-8-12(7-13(9-15)28(30)31)25-19(29)17-16(21)18(20(22,23)24)26-27(17)3/h4-9H,1-3H3,(H,25,29). The van der Waals surface area contributed by atoms with E-state index in [1.54, 1.807) is 12.1 Å². The Bertz CT molecular complexity index is 1200. The second-order valence-electron chi connectivity index (χ2n) is 6.98. The number of rotatable bonds is 5. The molecule has 0 atom stereocenters. The van der Waals surface area contributed by atoms with Gasteiger partial charge < -0.3 is 10.1 Å². The van der Waals surface area contributed by atoms with E-state index in [0.29, 0.717) is 5.75 Å². The van der Waals surface area contributed by atoms with Gasteiger partial charge in [0, 0.05) is 19.2 Å². The third-order valence-electron chi connectivity index (χ3n) is 4.26. The number of hydrogen-bond acceptors (Lipinski definition) is 5. The highest BCUT2D eigenvalue weighted by molar-refractivity contribution is 9.10. The molecule has 0 aliphatic heterocycles. The predicted molar refractivity (Wildman–Crippen MR) is 113 cm³/mol. The fraction of sp³-hybridized carbons (Fsp3) is 0.200. The highest BCUT2D eigenvalue weighted by Gasteiger charge is 2.39. The van der Waals surface area contributed by atoms with E-state index in [1.807, 2.05) is 19.9 Å². The van der Waals surface area contributed by atoms with E-state index in [2.05, 4.69) is 26.3 Å². The Kier molecular flexibility index (Phi) is 6.26. The Balaban J connectivity index is 1.95. The molecule has 3 aromatic rings. The van der Waals surface area contributed by atoms with Crippen LogP contribution in [0, 0.1) is 24.0 Å². The van der Waals surface area contributed by atoms with E-state index in [1.165, 1.54) is 19.2 Å². The van der Waals surface area contributed by atoms with Crippen molar-refractivity contribution in [3.63, 3.8) is 0 Å². The van der Waals surface area contributed by atoms with Crippen molar-refractivity contribution >= 4 is 33.2 Å². The number of non-ortho nitro benzene ring substituents is 1. The zero-order valence-corrected chi connectivity index (χ0v) is 18.5. The van der Waals surface area contributed by atoms with Crippen molar-refractivity contribution in [1.29, 1.82) is 0 Å². The Morgan fingerprint density at radius 3 is 2.25 bits per heavy atom. The van der Waals surface area contributed by atoms with Crippen molar-refractivity contribution in [2.24, 2.45) is 7.05 Å². The van der Waals surface area contributed by atoms with Crippen molar-refractivity contribution < 1.29 is 27.6 Å². The normalized spacial score (nSPS) is 11.3. The monoisotopic (exact) mass is 512 g/mol. The van der Waals surface area contributed by atoms with Gasteiger partial charge in [0.25, 0.3) is 11.6 Å². The Hall–Kier alpha value is -3.41. The zero-order valence-electron chi connectivity index (χ0n) is 17.0. The second kappa shape index (κ2) is 8.61. The Morgan fingerprint density at radius 2 is 1.72 bits per heavy atom. The van der Waals surface area contributed by atoms with E-state index in [4.69, 9.17) is 4.74 Å². The van der Waals surface area contributed by atoms with Gasteiger partial charge in [-0.25, -0.2) is 0 Å². The van der Waals surface area contributed by atoms with Crippen LogP contribution in [0.5, 0.6) is 11.5 Å². The van der Waals surface area contributed by atoms with Crippen molar-refractivity contribution in [1.82, 2.24) is 9.78 Å². The minimum absolute atomic E-state index is 0.0368. The molecule has 32 heavy (non-hydrogen) atoms. The van der Waals surface area contributed by atoms with Crippen LogP contribution in [0.1, 0.15) is 27.3 Å². The number of nitro benzene ring substituents is 1. The van der Waals surface area contributed by atoms with Gasteiger partial charge in [0.2, 0.25) is 0 Å². The molecule has 168 valence electrons. The number of benzene rings is 2. The number of amides is 1. The Morgan fingerprint density at radius 1 is 1.12 bits per heavy atom. The number of aromatic nitrogens is 2. The first-order chi connectivity index (χ1) is 14.8. The summed E-state index contributed by atoms with van der Waals surface area (Å²) in [6.07, 6.45) is -4.77. The van der Waals surface area contributed by atoms with E-state index >= 15 is 0 Å². The van der Waals surface area contributed by atoms with E-state index in [9.17, 15) is 28.1 Å². The number of ether oxygens (including phenoxy) is 1. The molecule has 12 heteroatoms. The molecule has 1 aromatic heterocycles. The summed E-state index contributed by atoms with van der Waals surface area (Å²) < 4.78 is 45.1. The van der Waals surface area contributed by atoms with Gasteiger partial charge in [-0.2, -0.15) is 18.3 Å². The van der Waals surface area contributed by atoms with Crippen molar-refractivity contribution in [2.45, 2.75) is 20.0 Å². The van der Waals surface area contributed by atoms with E-state index in [0.717, 1.165) is 21.9 Å². The molecule has 1 heterocycles. The van der Waals surface area contributed by atoms with Gasteiger partial charge in [-0.1, -0.05) is 6.07 Å². The van der Waals surface area contributed by atoms with Crippen LogP contribution < -0.4 is 10.1 Å². The zero-order chi connectivity index (χ0) is 23.8. The molecule has 0 radical (unpaired) electrons. The first kappa shape index (κ1) is 23.3. The van der Waals surface area contributed by atoms with Gasteiger partial charge in [0.1, 0.15) is 17.2 Å². The molecule has 3 rings (SSSR count). The molecule has 0 aliphatic rings. The number of nitrogens with one attached hydrogen (secondary N) is 1. The summed E-state index contributed by atoms with van der Waals surface area (Å²) >= 11 is 2.76. The lowest BCUT2D eigenvalue weighted by Gasteiger charge is -2.11. The summed E-state index contributed by atoms with van der Waals surface area (Å²) in [5.41, 5.74) is -0.239. The fourth-order valence-electron chi connectivity index (χ4n) is 3.06. The molecule has 0 saturated heterocycles. The van der Waals surface area contributed by atoms with E-state index in [-0.39, 0.29) is 17.1 Å². The van der Waals surface area contributed by atoms with Gasteiger partial charge >= 0.3 is 6.18 Å². The van der Waals surface area contributed by atoms with Crippen LogP contribution in [-0.2, 0) is 13.2 Å². The maximum Gasteiger partial charge on any atom is 0.436 e. The molecule has 0 aliphatic carbocycles. The topological polar surface area (TPSA) is 99.3 Å². The molecular formula is C20H16BrF3N4O4. The van der Waals surface area contributed by atoms with Crippen LogP contribution in [-0.4, -0.2) is 20.6 Å². The lowest BCUT2D eigenvalue weighted by atomic mass is 10.1. The first-order valence-electron chi connectivity index (χ1n) is 9.02. The van der Waals surface area contributed by atoms with Gasteiger partial charge in [0.05, 0.1) is 21.1 Å². The number of alkyl halides is 3. The molecule has 0 spiro atoms. The molecule has 1 amide bonds. The summed E-state index contributed by atoms with van der Waals surface area (Å²) in [5, 5.41) is 17.0. The minimum atomic E-state index is -4.77. The summed E-state index contributed by atoms with van der Waals surface area (Å²) in [6, 6.07) is 8.96. The summed E-state index contributed by atoms with van der Waals surface area (Å²) in [7, 11) is 1.18. The average Bonchev–Trinajstić information content (AvgIpc) is 2.95. The SMILES string of the molecule is Cc1cc(C)cc(Oc2cc(NC(=O)c3c(Br)c(C(F)(F)F)nn3C)cc([N+](=O)[O-])c2)c1. The maximum atomic E-state index is 13.1. The van der Waals surface area contributed by atoms with Crippen LogP contribution in [0.4, 0.5) is 24.5 Å². The molecule has 8 nitrogen and oxygen atoms in total. The lowest BCUT2D eigenvalue weighted by Crippen LogP contribution is -2.16. The maximum absolute atomic E-state index is 13.1. The third-order valence-corrected chi connectivity index (χ3v) is 5.02. The highest BCUT2D eigenvalue weighted by atomic mass is 79.9. The number of carbonyl (C=O) groups excluding carboxylic acids is 1. The predicted octanol–water partition coefficient (Wildman–Crippen LogP) is 5.77. The first-order valence-corrected chi connectivity index (χ1v) is 9.81. The molecule has 0 unspecified atom stereocenters. The molecule has 0 bridgehead atoms. The number of aryl methyl sites for hydroxylation is 3. The summed E-state index contributed by atoms with van der Waals surface area (Å²) in [5.74, 6) is -0.441. The van der Waals surface area contributed by atoms with Gasteiger partial charge in [-0.3, -0.25) is 19.6 Å². The minimum Gasteiger partial charge on any atom is -0.457 e. The van der Waals surface area contributed by atoms with E-state index < -0.39 is 32.9 Å². The molecule has 1 N–H and O–H groups in total. The molecule has 2 aromatic carbocycles. The van der Waals surface area contributed by atoms with Crippen molar-refractivity contribution in [2.75, 3.05) is 5.32 Å². The van der Waals surface area contributed by atoms with Crippen LogP contribution in [0.2, 0.25) is 0 Å². The molecule has 0 saturated carbocycles. The van der Waals surface area contributed by atoms with Crippen LogP contribution in [0.3, 0.4) is 0 Å². The highest BCUT2D eigenvalue weighted by Crippen LogP contribution is 2.36. The quantitative estimate of drug-likeness (QED) is 0.345. The van der Waals surface area contributed by atoms with Gasteiger partial charge in [-0.05, 0) is 53.0 Å². The summed E-state index contributed by atoms with van der Waals surface area (Å²) in [6.45, 7) is 3.72. The fourth-order valence-corrected chi connectivity index (χ4v) is 3.80. The number of halogens is 4. The number of nitro groups is 1. The largest absolute Gasteiger partial charge is 0.457 e. The van der Waals surface area contributed by atoms with Gasteiger partial charge in [-0.15, -0.1) is 0 Å². The number of carbonyl (C=O) groups is 1. The van der Waals surface area contributed by atoms with Crippen LogP contribution >= 0.6 is 15.9 Å². The van der Waals surface area contributed by atoms with Crippen molar-refractivity contribution in [3.05, 3.63) is 73.5 Å². The Labute approximate surface area is 188 Å². The van der Waals surface area contributed by atoms with Crippen LogP contribution in [0.25, 0.3) is 0 Å². The summed E-state index contributed by atoms with van der Waals surface area (Å²) in [4.78, 5) is 23.3.